The average molecular weight is 351 g/mol. The normalized spacial score (nSPS) is 30.1. The topological polar surface area (TPSA) is 71.1 Å². The van der Waals surface area contributed by atoms with E-state index in [4.69, 9.17) is 9.47 Å². The van der Waals surface area contributed by atoms with Gasteiger partial charge in [-0.3, -0.25) is 14.5 Å². The first kappa shape index (κ1) is 17.2. The molecule has 4 aliphatic rings. The van der Waals surface area contributed by atoms with E-state index in [0.29, 0.717) is 32.9 Å². The maximum atomic E-state index is 12.6. The molecule has 1 atom stereocenters. The number of morpholine rings is 1. The molecule has 7 nitrogen and oxygen atoms in total. The maximum absolute atomic E-state index is 12.6. The first-order valence-electron chi connectivity index (χ1n) is 9.56. The number of rotatable bonds is 4. The predicted octanol–water partition coefficient (Wildman–Crippen LogP) is -0.149. The smallest absolute Gasteiger partial charge is 0.239 e. The zero-order valence-electron chi connectivity index (χ0n) is 15.0. The van der Waals surface area contributed by atoms with E-state index >= 15 is 0 Å². The summed E-state index contributed by atoms with van der Waals surface area (Å²) in [5.41, 5.74) is -0.278. The van der Waals surface area contributed by atoms with Gasteiger partial charge in [0, 0.05) is 39.3 Å². The summed E-state index contributed by atoms with van der Waals surface area (Å²) in [6, 6.07) is -0.198. The van der Waals surface area contributed by atoms with Crippen LogP contribution in [0.5, 0.6) is 0 Å². The fourth-order valence-electron chi connectivity index (χ4n) is 4.32. The Bertz CT molecular complexity index is 524. The zero-order chi connectivity index (χ0) is 17.4. The van der Waals surface area contributed by atoms with Crippen LogP contribution in [0.1, 0.15) is 25.7 Å². The number of likely N-dealkylation sites (N-methyl/N-ethyl adjacent to an activating group) is 1. The Balaban J connectivity index is 1.35. The van der Waals surface area contributed by atoms with Crippen molar-refractivity contribution in [1.29, 1.82) is 0 Å². The molecule has 4 rings (SSSR count). The third-order valence-corrected chi connectivity index (χ3v) is 6.06. The van der Waals surface area contributed by atoms with Crippen LogP contribution >= 0.6 is 0 Å². The lowest BCUT2D eigenvalue weighted by molar-refractivity contribution is -0.207. The highest BCUT2D eigenvalue weighted by molar-refractivity contribution is 5.82. The van der Waals surface area contributed by atoms with Crippen molar-refractivity contribution in [2.75, 3.05) is 53.0 Å². The monoisotopic (exact) mass is 351 g/mol. The van der Waals surface area contributed by atoms with Crippen molar-refractivity contribution in [3.8, 4) is 0 Å². The Morgan fingerprint density at radius 2 is 1.84 bits per heavy atom. The van der Waals surface area contributed by atoms with Crippen molar-refractivity contribution in [3.63, 3.8) is 0 Å². The quantitative estimate of drug-likeness (QED) is 0.763. The molecular weight excluding hydrogens is 322 g/mol. The molecule has 1 unspecified atom stereocenters. The average Bonchev–Trinajstić information content (AvgIpc) is 3.43. The fraction of sp³-hybridized carbons (Fsp3) is 0.889. The third-order valence-electron chi connectivity index (χ3n) is 6.06. The lowest BCUT2D eigenvalue weighted by Crippen LogP contribution is -2.74. The van der Waals surface area contributed by atoms with Crippen molar-refractivity contribution in [2.45, 2.75) is 37.3 Å². The number of nitrogens with zero attached hydrogens (tertiary/aromatic N) is 2. The molecule has 25 heavy (non-hydrogen) atoms. The van der Waals surface area contributed by atoms with Gasteiger partial charge in [0.1, 0.15) is 11.6 Å². The molecule has 3 aliphatic heterocycles. The summed E-state index contributed by atoms with van der Waals surface area (Å²) in [4.78, 5) is 29.0. The molecular formula is C18H29N3O4. The molecule has 2 amide bonds. The van der Waals surface area contributed by atoms with Crippen LogP contribution in [0.3, 0.4) is 0 Å². The molecule has 0 aromatic carbocycles. The second-order valence-electron chi connectivity index (χ2n) is 8.08. The van der Waals surface area contributed by atoms with Crippen molar-refractivity contribution in [3.05, 3.63) is 0 Å². The van der Waals surface area contributed by atoms with E-state index in [1.165, 1.54) is 12.8 Å². The predicted molar refractivity (Wildman–Crippen MR) is 91.0 cm³/mol. The van der Waals surface area contributed by atoms with E-state index in [1.54, 1.807) is 7.05 Å². The molecule has 1 N–H and O–H groups in total. The molecule has 1 spiro atoms. The van der Waals surface area contributed by atoms with Crippen LogP contribution in [0.4, 0.5) is 0 Å². The molecule has 0 bridgehead atoms. The van der Waals surface area contributed by atoms with Gasteiger partial charge in [-0.2, -0.15) is 0 Å². The van der Waals surface area contributed by atoms with Crippen molar-refractivity contribution < 1.29 is 19.1 Å². The van der Waals surface area contributed by atoms with Crippen LogP contribution in [0.15, 0.2) is 0 Å². The van der Waals surface area contributed by atoms with E-state index in [9.17, 15) is 9.59 Å². The van der Waals surface area contributed by atoms with Crippen molar-refractivity contribution >= 4 is 11.8 Å². The first-order chi connectivity index (χ1) is 12.1. The number of carbonyl (C=O) groups excluding carboxylic acids is 2. The number of likely N-dealkylation sites (tertiary alicyclic amines) is 1. The van der Waals surface area contributed by atoms with Crippen LogP contribution < -0.4 is 5.32 Å². The van der Waals surface area contributed by atoms with Gasteiger partial charge >= 0.3 is 0 Å². The van der Waals surface area contributed by atoms with Gasteiger partial charge in [-0.1, -0.05) is 0 Å². The van der Waals surface area contributed by atoms with Gasteiger partial charge in [-0.05, 0) is 31.6 Å². The van der Waals surface area contributed by atoms with E-state index in [-0.39, 0.29) is 29.4 Å². The molecule has 0 radical (unpaired) electrons. The molecule has 3 saturated heterocycles. The second kappa shape index (κ2) is 6.85. The van der Waals surface area contributed by atoms with E-state index in [0.717, 1.165) is 31.8 Å². The van der Waals surface area contributed by atoms with Crippen LogP contribution in [-0.2, 0) is 19.1 Å². The molecule has 0 aromatic rings. The Hall–Kier alpha value is -1.18. The van der Waals surface area contributed by atoms with Gasteiger partial charge in [0.2, 0.25) is 11.8 Å². The Morgan fingerprint density at radius 3 is 2.48 bits per heavy atom. The minimum atomic E-state index is -0.278. The number of carbonyl (C=O) groups is 2. The maximum Gasteiger partial charge on any atom is 0.239 e. The number of nitrogens with one attached hydrogen (secondary N) is 1. The summed E-state index contributed by atoms with van der Waals surface area (Å²) < 4.78 is 11.5. The van der Waals surface area contributed by atoms with Crippen LogP contribution in [-0.4, -0.2) is 86.3 Å². The van der Waals surface area contributed by atoms with Crippen molar-refractivity contribution in [1.82, 2.24) is 15.1 Å². The number of ether oxygens (including phenoxy) is 2. The minimum absolute atomic E-state index is 0.0324. The summed E-state index contributed by atoms with van der Waals surface area (Å²) in [6.45, 7) is 4.83. The summed E-state index contributed by atoms with van der Waals surface area (Å²) in [6.07, 6.45) is 4.18. The van der Waals surface area contributed by atoms with Crippen molar-refractivity contribution in [2.24, 2.45) is 11.8 Å². The third kappa shape index (κ3) is 3.55. The van der Waals surface area contributed by atoms with E-state index in [2.05, 4.69) is 10.2 Å². The lowest BCUT2D eigenvalue weighted by atomic mass is 9.87. The largest absolute Gasteiger partial charge is 0.381 e. The van der Waals surface area contributed by atoms with Gasteiger partial charge in [0.15, 0.2) is 0 Å². The van der Waals surface area contributed by atoms with Gasteiger partial charge < -0.3 is 19.7 Å². The summed E-state index contributed by atoms with van der Waals surface area (Å²) in [7, 11) is 1.68. The SMILES string of the molecule is CNC(=O)C1COC2(CN(C(=O)C3CCOCC3)C2)CN1CC1CC1. The number of hydrogen-bond acceptors (Lipinski definition) is 5. The van der Waals surface area contributed by atoms with E-state index in [1.807, 2.05) is 4.90 Å². The summed E-state index contributed by atoms with van der Waals surface area (Å²) in [5, 5.41) is 2.75. The van der Waals surface area contributed by atoms with Crippen LogP contribution in [0, 0.1) is 11.8 Å². The Kier molecular flexibility index (Phi) is 4.73. The highest BCUT2D eigenvalue weighted by Gasteiger charge is 2.53. The van der Waals surface area contributed by atoms with Gasteiger partial charge in [0.05, 0.1) is 19.7 Å². The molecule has 3 heterocycles. The first-order valence-corrected chi connectivity index (χ1v) is 9.56. The molecule has 1 aliphatic carbocycles. The minimum Gasteiger partial charge on any atom is -0.381 e. The molecule has 140 valence electrons. The van der Waals surface area contributed by atoms with Gasteiger partial charge in [-0.15, -0.1) is 0 Å². The number of amides is 2. The lowest BCUT2D eigenvalue weighted by Gasteiger charge is -2.56. The fourth-order valence-corrected chi connectivity index (χ4v) is 4.32. The van der Waals surface area contributed by atoms with E-state index < -0.39 is 0 Å². The summed E-state index contributed by atoms with van der Waals surface area (Å²) in [5.74, 6) is 1.11. The number of hydrogen-bond donors (Lipinski definition) is 1. The Labute approximate surface area is 149 Å². The molecule has 7 heteroatoms. The van der Waals surface area contributed by atoms with Gasteiger partial charge in [-0.25, -0.2) is 0 Å². The summed E-state index contributed by atoms with van der Waals surface area (Å²) >= 11 is 0. The highest BCUT2D eigenvalue weighted by atomic mass is 16.5. The van der Waals surface area contributed by atoms with Crippen LogP contribution in [0.25, 0.3) is 0 Å². The van der Waals surface area contributed by atoms with Crippen LogP contribution in [0.2, 0.25) is 0 Å². The Morgan fingerprint density at radius 1 is 1.12 bits per heavy atom. The molecule has 1 saturated carbocycles. The second-order valence-corrected chi connectivity index (χ2v) is 8.08. The zero-order valence-corrected chi connectivity index (χ0v) is 15.0. The standard InChI is InChI=1S/C18H29N3O4/c1-19-16(22)15-9-25-18(10-20(15)8-13-2-3-13)11-21(12-18)17(23)14-4-6-24-7-5-14/h13-15H,2-12H2,1H3,(H,19,22). The molecule has 4 fully saturated rings. The highest BCUT2D eigenvalue weighted by Crippen LogP contribution is 2.36. The molecule has 0 aromatic heterocycles. The van der Waals surface area contributed by atoms with Gasteiger partial charge in [0.25, 0.3) is 0 Å².